The summed E-state index contributed by atoms with van der Waals surface area (Å²) < 4.78 is 6.60. The number of aromatic nitrogens is 2. The second-order valence-corrected chi connectivity index (χ2v) is 4.79. The number of ether oxygens (including phenoxy) is 1. The van der Waals surface area contributed by atoms with Crippen LogP contribution < -0.4 is 5.32 Å². The molecule has 0 aliphatic carbocycles. The molecule has 1 aliphatic heterocycles. The van der Waals surface area contributed by atoms with E-state index >= 15 is 0 Å². The molecule has 0 bridgehead atoms. The van der Waals surface area contributed by atoms with Gasteiger partial charge in [-0.25, -0.2) is 4.98 Å². The smallest absolute Gasteiger partial charge is 0.325 e. The van der Waals surface area contributed by atoms with Crippen LogP contribution in [0.3, 0.4) is 0 Å². The average Bonchev–Trinajstić information content (AvgIpc) is 2.78. The van der Waals surface area contributed by atoms with E-state index in [2.05, 4.69) is 17.2 Å². The maximum Gasteiger partial charge on any atom is 0.325 e. The fourth-order valence-electron chi connectivity index (χ4n) is 2.39. The van der Waals surface area contributed by atoms with Gasteiger partial charge in [-0.05, 0) is 25.9 Å². The zero-order valence-electron chi connectivity index (χ0n) is 10.4. The monoisotopic (exact) mass is 237 g/mol. The highest BCUT2D eigenvalue weighted by Gasteiger charge is 2.31. The van der Waals surface area contributed by atoms with Crippen molar-refractivity contribution in [1.29, 1.82) is 0 Å². The minimum Gasteiger partial charge on any atom is -0.468 e. The summed E-state index contributed by atoms with van der Waals surface area (Å²) >= 11 is 0. The van der Waals surface area contributed by atoms with E-state index in [1.54, 1.807) is 6.33 Å². The first kappa shape index (κ1) is 12.1. The molecule has 2 rings (SSSR count). The Bertz CT molecular complexity index is 394. The third-order valence-electron chi connectivity index (χ3n) is 3.56. The number of hydrogen-bond donors (Lipinski definition) is 1. The molecular formula is C12H19N3O2. The van der Waals surface area contributed by atoms with Crippen molar-refractivity contribution in [3.8, 4) is 0 Å². The Hall–Kier alpha value is -1.36. The third kappa shape index (κ3) is 2.49. The first-order chi connectivity index (χ1) is 8.15. The SMILES string of the molecule is COC(=O)Cn1cncc1C1(C)CCNCC1. The summed E-state index contributed by atoms with van der Waals surface area (Å²) in [6, 6.07) is 0. The van der Waals surface area contributed by atoms with E-state index in [-0.39, 0.29) is 17.9 Å². The lowest BCUT2D eigenvalue weighted by Crippen LogP contribution is -2.39. The molecule has 2 heterocycles. The van der Waals surface area contributed by atoms with Gasteiger partial charge in [-0.15, -0.1) is 0 Å². The van der Waals surface area contributed by atoms with Crippen LogP contribution >= 0.6 is 0 Å². The fourth-order valence-corrected chi connectivity index (χ4v) is 2.39. The van der Waals surface area contributed by atoms with E-state index < -0.39 is 0 Å². The second kappa shape index (κ2) is 4.87. The van der Waals surface area contributed by atoms with Crippen LogP contribution in [0.25, 0.3) is 0 Å². The Labute approximate surface area is 101 Å². The molecule has 1 saturated heterocycles. The van der Waals surface area contributed by atoms with Crippen LogP contribution in [-0.2, 0) is 21.5 Å². The van der Waals surface area contributed by atoms with Gasteiger partial charge in [0.05, 0.1) is 13.4 Å². The molecule has 0 saturated carbocycles. The number of hydrogen-bond acceptors (Lipinski definition) is 4. The van der Waals surface area contributed by atoms with Gasteiger partial charge in [0.25, 0.3) is 0 Å². The van der Waals surface area contributed by atoms with Crippen molar-refractivity contribution in [3.63, 3.8) is 0 Å². The van der Waals surface area contributed by atoms with E-state index in [0.717, 1.165) is 31.6 Å². The van der Waals surface area contributed by atoms with Crippen molar-refractivity contribution in [2.24, 2.45) is 0 Å². The van der Waals surface area contributed by atoms with Crippen LogP contribution in [0, 0.1) is 0 Å². The molecular weight excluding hydrogens is 218 g/mol. The molecule has 17 heavy (non-hydrogen) atoms. The van der Waals surface area contributed by atoms with Crippen molar-refractivity contribution < 1.29 is 9.53 Å². The molecule has 1 aliphatic rings. The summed E-state index contributed by atoms with van der Waals surface area (Å²) in [7, 11) is 1.41. The van der Waals surface area contributed by atoms with E-state index in [4.69, 9.17) is 4.74 Å². The Balaban J connectivity index is 2.20. The number of piperidine rings is 1. The van der Waals surface area contributed by atoms with Gasteiger partial charge in [0.15, 0.2) is 0 Å². The van der Waals surface area contributed by atoms with Gasteiger partial charge >= 0.3 is 5.97 Å². The highest BCUT2D eigenvalue weighted by Crippen LogP contribution is 2.32. The average molecular weight is 237 g/mol. The van der Waals surface area contributed by atoms with Crippen molar-refractivity contribution in [1.82, 2.24) is 14.9 Å². The predicted molar refractivity (Wildman–Crippen MR) is 63.7 cm³/mol. The number of carbonyl (C=O) groups excluding carboxylic acids is 1. The number of rotatable bonds is 3. The topological polar surface area (TPSA) is 56.2 Å². The summed E-state index contributed by atoms with van der Waals surface area (Å²) in [5.74, 6) is -0.234. The minimum atomic E-state index is -0.234. The standard InChI is InChI=1S/C12H19N3O2/c1-12(3-5-13-6-4-12)10-7-14-9-15(10)8-11(16)17-2/h7,9,13H,3-6,8H2,1-2H3. The minimum absolute atomic E-state index is 0.107. The first-order valence-corrected chi connectivity index (χ1v) is 5.94. The van der Waals surface area contributed by atoms with Gasteiger partial charge in [-0.3, -0.25) is 4.79 Å². The van der Waals surface area contributed by atoms with Crippen LogP contribution in [0.2, 0.25) is 0 Å². The predicted octanol–water partition coefficient (Wildman–Crippen LogP) is 0.697. The fraction of sp³-hybridized carbons (Fsp3) is 0.667. The Morgan fingerprint density at radius 2 is 2.29 bits per heavy atom. The third-order valence-corrected chi connectivity index (χ3v) is 3.56. The molecule has 5 nitrogen and oxygen atoms in total. The number of methoxy groups -OCH3 is 1. The molecule has 5 heteroatoms. The summed E-state index contributed by atoms with van der Waals surface area (Å²) in [5.41, 5.74) is 1.24. The molecule has 0 spiro atoms. The maximum atomic E-state index is 11.3. The molecule has 0 amide bonds. The van der Waals surface area contributed by atoms with Crippen LogP contribution in [0.1, 0.15) is 25.5 Å². The number of imidazole rings is 1. The normalized spacial score (nSPS) is 18.9. The second-order valence-electron chi connectivity index (χ2n) is 4.79. The molecule has 0 atom stereocenters. The zero-order valence-corrected chi connectivity index (χ0v) is 10.4. The number of nitrogens with zero attached hydrogens (tertiary/aromatic N) is 2. The summed E-state index contributed by atoms with van der Waals surface area (Å²) in [6.07, 6.45) is 5.72. The Kier molecular flexibility index (Phi) is 3.47. The quantitative estimate of drug-likeness (QED) is 0.786. The van der Waals surface area contributed by atoms with Gasteiger partial charge in [0.1, 0.15) is 6.54 Å². The lowest BCUT2D eigenvalue weighted by molar-refractivity contribution is -0.141. The number of esters is 1. The Morgan fingerprint density at radius 3 is 2.94 bits per heavy atom. The summed E-state index contributed by atoms with van der Waals surface area (Å²) in [6.45, 7) is 4.51. The van der Waals surface area contributed by atoms with Crippen LogP contribution in [-0.4, -0.2) is 35.7 Å². The van der Waals surface area contributed by atoms with Crippen molar-refractivity contribution in [2.75, 3.05) is 20.2 Å². The zero-order chi connectivity index (χ0) is 12.3. The van der Waals surface area contributed by atoms with E-state index in [1.165, 1.54) is 7.11 Å². The maximum absolute atomic E-state index is 11.3. The molecule has 94 valence electrons. The first-order valence-electron chi connectivity index (χ1n) is 5.94. The van der Waals surface area contributed by atoms with Crippen molar-refractivity contribution in [3.05, 3.63) is 18.2 Å². The van der Waals surface area contributed by atoms with Gasteiger partial charge in [0, 0.05) is 17.3 Å². The summed E-state index contributed by atoms with van der Waals surface area (Å²) in [4.78, 5) is 15.5. The van der Waals surface area contributed by atoms with Gasteiger partial charge in [0.2, 0.25) is 0 Å². The van der Waals surface area contributed by atoms with Crippen molar-refractivity contribution in [2.45, 2.75) is 31.7 Å². The van der Waals surface area contributed by atoms with Gasteiger partial charge in [-0.1, -0.05) is 6.92 Å². The molecule has 0 unspecified atom stereocenters. The highest BCUT2D eigenvalue weighted by molar-refractivity contribution is 5.69. The molecule has 1 aromatic rings. The highest BCUT2D eigenvalue weighted by atomic mass is 16.5. The molecule has 0 radical (unpaired) electrons. The lowest BCUT2D eigenvalue weighted by Gasteiger charge is -2.34. The van der Waals surface area contributed by atoms with Crippen LogP contribution in [0.5, 0.6) is 0 Å². The molecule has 1 aromatic heterocycles. The molecule has 0 aromatic carbocycles. The van der Waals surface area contributed by atoms with Gasteiger partial charge < -0.3 is 14.6 Å². The number of nitrogens with one attached hydrogen (secondary N) is 1. The summed E-state index contributed by atoms with van der Waals surface area (Å²) in [5, 5.41) is 3.35. The Morgan fingerprint density at radius 1 is 1.59 bits per heavy atom. The lowest BCUT2D eigenvalue weighted by atomic mass is 9.78. The van der Waals surface area contributed by atoms with E-state index in [9.17, 15) is 4.79 Å². The van der Waals surface area contributed by atoms with Gasteiger partial charge in [-0.2, -0.15) is 0 Å². The van der Waals surface area contributed by atoms with Crippen molar-refractivity contribution >= 4 is 5.97 Å². The van der Waals surface area contributed by atoms with Crippen LogP contribution in [0.4, 0.5) is 0 Å². The molecule has 1 N–H and O–H groups in total. The van der Waals surface area contributed by atoms with E-state index in [0.29, 0.717) is 0 Å². The number of carbonyl (C=O) groups is 1. The van der Waals surface area contributed by atoms with E-state index in [1.807, 2.05) is 10.8 Å². The van der Waals surface area contributed by atoms with Crippen LogP contribution in [0.15, 0.2) is 12.5 Å². The molecule has 1 fully saturated rings. The largest absolute Gasteiger partial charge is 0.468 e.